The van der Waals surface area contributed by atoms with Crippen molar-refractivity contribution in [3.8, 4) is 17.2 Å². The quantitative estimate of drug-likeness (QED) is 0.757. The van der Waals surface area contributed by atoms with Gasteiger partial charge in [0.15, 0.2) is 17.3 Å². The highest BCUT2D eigenvalue weighted by molar-refractivity contribution is 6.34. The molecule has 0 bridgehead atoms. The van der Waals surface area contributed by atoms with Crippen molar-refractivity contribution in [3.05, 3.63) is 46.2 Å². The second-order valence-electron chi connectivity index (χ2n) is 4.35. The van der Waals surface area contributed by atoms with Gasteiger partial charge in [-0.2, -0.15) is 0 Å². The zero-order chi connectivity index (χ0) is 15.4. The predicted molar refractivity (Wildman–Crippen MR) is 83.1 cm³/mol. The molecule has 3 nitrogen and oxygen atoms in total. The maximum absolute atomic E-state index is 13.7. The zero-order valence-corrected chi connectivity index (χ0v) is 12.8. The normalized spacial score (nSPS) is 10.5. The molecule has 0 saturated heterocycles. The third kappa shape index (κ3) is 3.93. The van der Waals surface area contributed by atoms with Crippen LogP contribution in [0.3, 0.4) is 0 Å². The largest absolute Gasteiger partial charge is 0.490 e. The topological polar surface area (TPSA) is 44.5 Å². The first-order valence-corrected chi connectivity index (χ1v) is 7.11. The highest BCUT2D eigenvalue weighted by Gasteiger charge is 2.12. The molecule has 0 atom stereocenters. The number of nitrogen functional groups attached to an aromatic ring is 1. The number of hydrogen-bond acceptors (Lipinski definition) is 3. The van der Waals surface area contributed by atoms with Crippen LogP contribution in [0.25, 0.3) is 0 Å². The smallest absolute Gasteiger partial charge is 0.167 e. The van der Waals surface area contributed by atoms with E-state index in [-0.39, 0.29) is 17.2 Å². The molecular formula is C15H14Cl2FNO2. The molecule has 0 amide bonds. The van der Waals surface area contributed by atoms with Crippen LogP contribution in [0, 0.1) is 5.82 Å². The summed E-state index contributed by atoms with van der Waals surface area (Å²) in [6, 6.07) is 7.35. The van der Waals surface area contributed by atoms with Crippen LogP contribution in [0.5, 0.6) is 17.2 Å². The molecule has 6 heteroatoms. The molecule has 2 aromatic carbocycles. The minimum atomic E-state index is -0.537. The van der Waals surface area contributed by atoms with E-state index in [4.69, 9.17) is 38.4 Å². The number of halogens is 3. The van der Waals surface area contributed by atoms with Crippen LogP contribution < -0.4 is 15.2 Å². The van der Waals surface area contributed by atoms with Gasteiger partial charge in [-0.3, -0.25) is 0 Å². The van der Waals surface area contributed by atoms with Crippen LogP contribution in [0.2, 0.25) is 10.0 Å². The van der Waals surface area contributed by atoms with E-state index in [0.717, 1.165) is 12.5 Å². The minimum Gasteiger partial charge on any atom is -0.490 e. The Bertz CT molecular complexity index is 650. The monoisotopic (exact) mass is 329 g/mol. The number of rotatable bonds is 5. The van der Waals surface area contributed by atoms with Crippen LogP contribution in [0.1, 0.15) is 13.3 Å². The van der Waals surface area contributed by atoms with Crippen molar-refractivity contribution in [2.24, 2.45) is 0 Å². The molecule has 2 rings (SSSR count). The van der Waals surface area contributed by atoms with E-state index in [2.05, 4.69) is 0 Å². The van der Waals surface area contributed by atoms with Crippen molar-refractivity contribution < 1.29 is 13.9 Å². The fourth-order valence-electron chi connectivity index (χ4n) is 1.64. The lowest BCUT2D eigenvalue weighted by atomic mass is 10.2. The first kappa shape index (κ1) is 15.7. The highest BCUT2D eigenvalue weighted by atomic mass is 35.5. The summed E-state index contributed by atoms with van der Waals surface area (Å²) >= 11 is 11.9. The Morgan fingerprint density at radius 2 is 1.86 bits per heavy atom. The highest BCUT2D eigenvalue weighted by Crippen LogP contribution is 2.37. The zero-order valence-electron chi connectivity index (χ0n) is 11.3. The lowest BCUT2D eigenvalue weighted by Crippen LogP contribution is -2.00. The molecule has 2 aromatic rings. The summed E-state index contributed by atoms with van der Waals surface area (Å²) in [5.41, 5.74) is 5.90. The Hall–Kier alpha value is -1.65. The van der Waals surface area contributed by atoms with E-state index in [1.54, 1.807) is 18.2 Å². The van der Waals surface area contributed by atoms with Crippen molar-refractivity contribution in [2.45, 2.75) is 13.3 Å². The molecule has 0 unspecified atom stereocenters. The molecule has 0 aliphatic heterocycles. The third-order valence-corrected chi connectivity index (χ3v) is 3.19. The Morgan fingerprint density at radius 1 is 1.10 bits per heavy atom. The maximum atomic E-state index is 13.7. The summed E-state index contributed by atoms with van der Waals surface area (Å²) in [5, 5.41) is 0.844. The van der Waals surface area contributed by atoms with E-state index in [9.17, 15) is 4.39 Å². The summed E-state index contributed by atoms with van der Waals surface area (Å²) in [7, 11) is 0. The van der Waals surface area contributed by atoms with Gasteiger partial charge < -0.3 is 15.2 Å². The molecule has 0 aromatic heterocycles. The third-order valence-electron chi connectivity index (χ3n) is 2.64. The summed E-state index contributed by atoms with van der Waals surface area (Å²) in [6.45, 7) is 2.33. The molecule has 2 N–H and O–H groups in total. The molecule has 0 aliphatic rings. The van der Waals surface area contributed by atoms with Gasteiger partial charge in [0.2, 0.25) is 0 Å². The SMILES string of the molecule is CCCOc1cc(Oc2cc(Cl)ccc2Cl)c(N)cc1F. The Kier molecular flexibility index (Phi) is 5.15. The van der Waals surface area contributed by atoms with E-state index >= 15 is 0 Å². The van der Waals surface area contributed by atoms with Crippen LogP contribution in [-0.2, 0) is 0 Å². The van der Waals surface area contributed by atoms with Gasteiger partial charge in [0.25, 0.3) is 0 Å². The Morgan fingerprint density at radius 3 is 2.57 bits per heavy atom. The van der Waals surface area contributed by atoms with Crippen molar-refractivity contribution >= 4 is 28.9 Å². The average Bonchev–Trinajstić information content (AvgIpc) is 2.44. The van der Waals surface area contributed by atoms with Crippen molar-refractivity contribution in [3.63, 3.8) is 0 Å². The first-order chi connectivity index (χ1) is 10.0. The Labute approximate surface area is 132 Å². The molecule has 112 valence electrons. The van der Waals surface area contributed by atoms with Crippen LogP contribution in [-0.4, -0.2) is 6.61 Å². The van der Waals surface area contributed by atoms with Gasteiger partial charge in [-0.05, 0) is 18.6 Å². The van der Waals surface area contributed by atoms with E-state index < -0.39 is 5.82 Å². The van der Waals surface area contributed by atoms with Gasteiger partial charge in [0.1, 0.15) is 5.75 Å². The molecule has 0 fully saturated rings. The fraction of sp³-hybridized carbons (Fsp3) is 0.200. The first-order valence-electron chi connectivity index (χ1n) is 6.36. The second kappa shape index (κ2) is 6.87. The number of hydrogen-bond donors (Lipinski definition) is 1. The van der Waals surface area contributed by atoms with Crippen molar-refractivity contribution in [2.75, 3.05) is 12.3 Å². The number of anilines is 1. The second-order valence-corrected chi connectivity index (χ2v) is 5.19. The predicted octanol–water partition coefficient (Wildman–Crippen LogP) is 5.30. The number of ether oxygens (including phenoxy) is 2. The molecule has 0 spiro atoms. The van der Waals surface area contributed by atoms with E-state index in [0.29, 0.717) is 22.4 Å². The van der Waals surface area contributed by atoms with Gasteiger partial charge in [-0.1, -0.05) is 30.1 Å². The van der Waals surface area contributed by atoms with E-state index in [1.165, 1.54) is 6.07 Å². The summed E-state index contributed by atoms with van der Waals surface area (Å²) in [6.07, 6.45) is 0.764. The van der Waals surface area contributed by atoms with E-state index in [1.807, 2.05) is 6.92 Å². The van der Waals surface area contributed by atoms with Crippen molar-refractivity contribution in [1.82, 2.24) is 0 Å². The van der Waals surface area contributed by atoms with Crippen LogP contribution >= 0.6 is 23.2 Å². The summed E-state index contributed by atoms with van der Waals surface area (Å²) in [5.74, 6) is 0.139. The van der Waals surface area contributed by atoms with Gasteiger partial charge in [-0.25, -0.2) is 4.39 Å². The van der Waals surface area contributed by atoms with Gasteiger partial charge in [0.05, 0.1) is 17.3 Å². The lowest BCUT2D eigenvalue weighted by Gasteiger charge is -2.13. The maximum Gasteiger partial charge on any atom is 0.167 e. The molecule has 0 saturated carbocycles. The number of benzene rings is 2. The van der Waals surface area contributed by atoms with Gasteiger partial charge >= 0.3 is 0 Å². The molecule has 21 heavy (non-hydrogen) atoms. The van der Waals surface area contributed by atoms with Gasteiger partial charge in [-0.15, -0.1) is 0 Å². The van der Waals surface area contributed by atoms with Crippen LogP contribution in [0.15, 0.2) is 30.3 Å². The fourth-order valence-corrected chi connectivity index (χ4v) is 1.95. The minimum absolute atomic E-state index is 0.0826. The standard InChI is InChI=1S/C15H14Cl2FNO2/c1-2-5-20-14-8-15(12(19)7-11(14)18)21-13-6-9(16)3-4-10(13)17/h3-4,6-8H,2,5,19H2,1H3. The number of nitrogens with two attached hydrogens (primary N) is 1. The summed E-state index contributed by atoms with van der Waals surface area (Å²) in [4.78, 5) is 0. The molecule has 0 heterocycles. The average molecular weight is 330 g/mol. The molecule has 0 aliphatic carbocycles. The van der Waals surface area contributed by atoms with Crippen molar-refractivity contribution in [1.29, 1.82) is 0 Å². The Balaban J connectivity index is 2.32. The van der Waals surface area contributed by atoms with Gasteiger partial charge in [0, 0.05) is 23.2 Å². The summed E-state index contributed by atoms with van der Waals surface area (Å²) < 4.78 is 24.6. The molecular weight excluding hydrogens is 316 g/mol. The molecule has 0 radical (unpaired) electrons. The lowest BCUT2D eigenvalue weighted by molar-refractivity contribution is 0.300. The van der Waals surface area contributed by atoms with Crippen LogP contribution in [0.4, 0.5) is 10.1 Å².